The highest BCUT2D eigenvalue weighted by Crippen LogP contribution is 2.18. The van der Waals surface area contributed by atoms with Crippen LogP contribution in [0.2, 0.25) is 0 Å². The van der Waals surface area contributed by atoms with Gasteiger partial charge in [-0.05, 0) is 32.6 Å². The number of hydrogen-bond acceptors (Lipinski definition) is 3. The summed E-state index contributed by atoms with van der Waals surface area (Å²) < 4.78 is 5.23. The molecule has 0 aromatic heterocycles. The Kier molecular flexibility index (Phi) is 4.54. The molecular weight excluding hydrogens is 194 g/mol. The van der Waals surface area contributed by atoms with E-state index in [0.717, 1.165) is 26.1 Å². The maximum Gasteiger partial charge on any atom is 0.220 e. The quantitative estimate of drug-likeness (QED) is 0.725. The normalized spacial score (nSPS) is 18.9. The van der Waals surface area contributed by atoms with Crippen molar-refractivity contribution in [1.82, 2.24) is 5.32 Å². The molecule has 1 fully saturated rings. The Labute approximate surface area is 91.0 Å². The van der Waals surface area contributed by atoms with Gasteiger partial charge in [0.2, 0.25) is 5.91 Å². The van der Waals surface area contributed by atoms with Crippen molar-refractivity contribution in [3.63, 3.8) is 0 Å². The third kappa shape index (κ3) is 4.62. The van der Waals surface area contributed by atoms with Gasteiger partial charge in [-0.1, -0.05) is 0 Å². The number of aliphatic hydroxyl groups excluding tert-OH is 1. The van der Waals surface area contributed by atoms with Gasteiger partial charge in [0.1, 0.15) is 0 Å². The Hall–Kier alpha value is -0.610. The third-order valence-corrected chi connectivity index (χ3v) is 2.69. The second-order valence-corrected chi connectivity index (χ2v) is 4.85. The molecule has 15 heavy (non-hydrogen) atoms. The topological polar surface area (TPSA) is 58.6 Å². The van der Waals surface area contributed by atoms with E-state index in [1.54, 1.807) is 0 Å². The van der Waals surface area contributed by atoms with E-state index in [1.807, 2.05) is 13.8 Å². The first-order chi connectivity index (χ1) is 7.03. The summed E-state index contributed by atoms with van der Waals surface area (Å²) in [5.41, 5.74) is -0.512. The number of carbonyl (C=O) groups is 1. The summed E-state index contributed by atoms with van der Waals surface area (Å²) in [6, 6.07) is 0. The summed E-state index contributed by atoms with van der Waals surface area (Å²) in [5.74, 6) is 0.467. The predicted molar refractivity (Wildman–Crippen MR) is 57.5 cm³/mol. The van der Waals surface area contributed by atoms with Crippen molar-refractivity contribution < 1.29 is 14.6 Å². The molecule has 0 bridgehead atoms. The van der Waals surface area contributed by atoms with Crippen LogP contribution >= 0.6 is 0 Å². The highest BCUT2D eigenvalue weighted by Gasteiger charge is 2.22. The van der Waals surface area contributed by atoms with Crippen LogP contribution in [0.3, 0.4) is 0 Å². The summed E-state index contributed by atoms with van der Waals surface area (Å²) in [5, 5.41) is 11.8. The number of amides is 1. The molecule has 0 atom stereocenters. The summed E-state index contributed by atoms with van der Waals surface area (Å²) in [6.07, 6.45) is 2.48. The fourth-order valence-electron chi connectivity index (χ4n) is 1.68. The molecule has 0 spiro atoms. The van der Waals surface area contributed by atoms with Crippen LogP contribution in [0.15, 0.2) is 0 Å². The van der Waals surface area contributed by atoms with Crippen LogP contribution in [0.1, 0.15) is 33.1 Å². The second kappa shape index (κ2) is 5.47. The van der Waals surface area contributed by atoms with E-state index in [0.29, 0.717) is 12.3 Å². The van der Waals surface area contributed by atoms with Gasteiger partial charge in [-0.3, -0.25) is 4.79 Å². The van der Waals surface area contributed by atoms with E-state index in [9.17, 15) is 4.79 Å². The van der Waals surface area contributed by atoms with Crippen LogP contribution < -0.4 is 5.32 Å². The van der Waals surface area contributed by atoms with Crippen molar-refractivity contribution in [2.75, 3.05) is 19.8 Å². The molecule has 0 aromatic carbocycles. The van der Waals surface area contributed by atoms with Gasteiger partial charge >= 0.3 is 0 Å². The molecule has 88 valence electrons. The Bertz CT molecular complexity index is 210. The molecule has 0 unspecified atom stereocenters. The molecule has 1 saturated heterocycles. The minimum atomic E-state index is -0.512. The summed E-state index contributed by atoms with van der Waals surface area (Å²) >= 11 is 0. The highest BCUT2D eigenvalue weighted by molar-refractivity contribution is 5.76. The van der Waals surface area contributed by atoms with E-state index in [1.165, 1.54) is 0 Å². The first kappa shape index (κ1) is 12.5. The fraction of sp³-hybridized carbons (Fsp3) is 0.909. The molecule has 0 saturated carbocycles. The smallest absolute Gasteiger partial charge is 0.220 e. The zero-order chi connectivity index (χ0) is 11.3. The van der Waals surface area contributed by atoms with Gasteiger partial charge in [-0.25, -0.2) is 0 Å². The van der Waals surface area contributed by atoms with Crippen LogP contribution in [0, 0.1) is 5.92 Å². The maximum absolute atomic E-state index is 11.6. The minimum Gasteiger partial charge on any atom is -0.394 e. The van der Waals surface area contributed by atoms with Crippen LogP contribution in [0.25, 0.3) is 0 Å². The number of hydrogen-bond donors (Lipinski definition) is 2. The number of aliphatic hydroxyl groups is 1. The molecule has 4 heteroatoms. The van der Waals surface area contributed by atoms with Gasteiger partial charge in [-0.2, -0.15) is 0 Å². The van der Waals surface area contributed by atoms with Gasteiger partial charge < -0.3 is 15.2 Å². The zero-order valence-electron chi connectivity index (χ0n) is 9.58. The number of ether oxygens (including phenoxy) is 1. The van der Waals surface area contributed by atoms with Crippen LogP contribution in [-0.4, -0.2) is 36.4 Å². The molecule has 2 N–H and O–H groups in total. The largest absolute Gasteiger partial charge is 0.394 e. The summed E-state index contributed by atoms with van der Waals surface area (Å²) in [6.45, 7) is 5.12. The number of carbonyl (C=O) groups excluding carboxylic acids is 1. The zero-order valence-corrected chi connectivity index (χ0v) is 9.58. The van der Waals surface area contributed by atoms with Crippen molar-refractivity contribution >= 4 is 5.91 Å². The summed E-state index contributed by atoms with van der Waals surface area (Å²) in [7, 11) is 0. The lowest BCUT2D eigenvalue weighted by Gasteiger charge is -2.26. The SMILES string of the molecule is CC(C)(CO)NC(=O)CC1CCOCC1. The van der Waals surface area contributed by atoms with Crippen LogP contribution in [-0.2, 0) is 9.53 Å². The second-order valence-electron chi connectivity index (χ2n) is 4.85. The van der Waals surface area contributed by atoms with Crippen molar-refractivity contribution in [2.45, 2.75) is 38.6 Å². The molecule has 1 amide bonds. The molecular formula is C11H21NO3. The standard InChI is InChI=1S/C11H21NO3/c1-11(2,8-13)12-10(14)7-9-3-5-15-6-4-9/h9,13H,3-8H2,1-2H3,(H,12,14). The lowest BCUT2D eigenvalue weighted by Crippen LogP contribution is -2.46. The van der Waals surface area contributed by atoms with Gasteiger partial charge in [0.25, 0.3) is 0 Å². The van der Waals surface area contributed by atoms with Gasteiger partial charge in [-0.15, -0.1) is 0 Å². The number of rotatable bonds is 4. The summed E-state index contributed by atoms with van der Waals surface area (Å²) in [4.78, 5) is 11.6. The van der Waals surface area contributed by atoms with Crippen molar-refractivity contribution in [3.8, 4) is 0 Å². The lowest BCUT2D eigenvalue weighted by atomic mass is 9.95. The van der Waals surface area contributed by atoms with Crippen molar-refractivity contribution in [3.05, 3.63) is 0 Å². The van der Waals surface area contributed by atoms with Crippen molar-refractivity contribution in [1.29, 1.82) is 0 Å². The van der Waals surface area contributed by atoms with Gasteiger partial charge in [0, 0.05) is 19.6 Å². The molecule has 0 radical (unpaired) electrons. The Morgan fingerprint density at radius 1 is 1.47 bits per heavy atom. The highest BCUT2D eigenvalue weighted by atomic mass is 16.5. The Morgan fingerprint density at radius 3 is 2.60 bits per heavy atom. The Morgan fingerprint density at radius 2 is 2.07 bits per heavy atom. The molecule has 1 aliphatic heterocycles. The predicted octanol–water partition coefficient (Wildman–Crippen LogP) is 0.690. The molecule has 0 aromatic rings. The monoisotopic (exact) mass is 215 g/mol. The first-order valence-electron chi connectivity index (χ1n) is 5.53. The molecule has 1 rings (SSSR count). The van der Waals surface area contributed by atoms with Crippen LogP contribution in [0.4, 0.5) is 0 Å². The maximum atomic E-state index is 11.6. The van der Waals surface area contributed by atoms with Crippen LogP contribution in [0.5, 0.6) is 0 Å². The average Bonchev–Trinajstić information content (AvgIpc) is 2.18. The van der Waals surface area contributed by atoms with Gasteiger partial charge in [0.15, 0.2) is 0 Å². The Balaban J connectivity index is 2.28. The minimum absolute atomic E-state index is 0.0287. The van der Waals surface area contributed by atoms with E-state index in [-0.39, 0.29) is 12.5 Å². The average molecular weight is 215 g/mol. The van der Waals surface area contributed by atoms with E-state index < -0.39 is 5.54 Å². The van der Waals surface area contributed by atoms with Gasteiger partial charge in [0.05, 0.1) is 12.1 Å². The number of nitrogens with one attached hydrogen (secondary N) is 1. The van der Waals surface area contributed by atoms with E-state index in [4.69, 9.17) is 9.84 Å². The molecule has 1 heterocycles. The molecule has 1 aliphatic rings. The molecule has 4 nitrogen and oxygen atoms in total. The van der Waals surface area contributed by atoms with E-state index >= 15 is 0 Å². The third-order valence-electron chi connectivity index (χ3n) is 2.69. The molecule has 0 aliphatic carbocycles. The lowest BCUT2D eigenvalue weighted by molar-refractivity contribution is -0.124. The van der Waals surface area contributed by atoms with Crippen molar-refractivity contribution in [2.24, 2.45) is 5.92 Å². The fourth-order valence-corrected chi connectivity index (χ4v) is 1.68. The first-order valence-corrected chi connectivity index (χ1v) is 5.53. The van der Waals surface area contributed by atoms with E-state index in [2.05, 4.69) is 5.32 Å².